The fraction of sp³-hybridized carbons (Fsp3) is 0.267. The Hall–Kier alpha value is -0.940. The van der Waals surface area contributed by atoms with Gasteiger partial charge in [0.2, 0.25) is 0 Å². The standard InChI is InChI=1S/C15H17IN2/c1-11-6-5-8-13(15(11)16)14(17-2)10-12-7-3-4-9-18-12/h3-9,14,17H,10H2,1-2H3. The predicted molar refractivity (Wildman–Crippen MR) is 83.6 cm³/mol. The van der Waals surface area contributed by atoms with Crippen LogP contribution in [-0.4, -0.2) is 12.0 Å². The molecule has 0 fully saturated rings. The molecule has 1 unspecified atom stereocenters. The van der Waals surface area contributed by atoms with E-state index in [9.17, 15) is 0 Å². The van der Waals surface area contributed by atoms with Crippen LogP contribution in [0.25, 0.3) is 0 Å². The average molecular weight is 352 g/mol. The summed E-state index contributed by atoms with van der Waals surface area (Å²) in [6, 6.07) is 12.8. The maximum absolute atomic E-state index is 4.40. The molecule has 0 aliphatic carbocycles. The van der Waals surface area contributed by atoms with Gasteiger partial charge in [-0.1, -0.05) is 24.3 Å². The smallest absolute Gasteiger partial charge is 0.0422 e. The first-order valence-electron chi connectivity index (χ1n) is 6.04. The van der Waals surface area contributed by atoms with E-state index in [1.54, 1.807) is 0 Å². The monoisotopic (exact) mass is 352 g/mol. The maximum Gasteiger partial charge on any atom is 0.0422 e. The molecule has 0 spiro atoms. The Labute approximate surface area is 122 Å². The molecular formula is C15H17IN2. The van der Waals surface area contributed by atoms with Crippen LogP contribution in [-0.2, 0) is 6.42 Å². The van der Waals surface area contributed by atoms with Gasteiger partial charge in [-0.3, -0.25) is 4.98 Å². The molecule has 18 heavy (non-hydrogen) atoms. The summed E-state index contributed by atoms with van der Waals surface area (Å²) in [5, 5.41) is 3.39. The summed E-state index contributed by atoms with van der Waals surface area (Å²) in [6.45, 7) is 2.15. The number of nitrogens with zero attached hydrogens (tertiary/aromatic N) is 1. The number of hydrogen-bond donors (Lipinski definition) is 1. The second-order valence-electron chi connectivity index (χ2n) is 4.34. The van der Waals surface area contributed by atoms with Gasteiger partial charge < -0.3 is 5.32 Å². The van der Waals surface area contributed by atoms with Crippen LogP contribution in [0, 0.1) is 10.5 Å². The summed E-state index contributed by atoms with van der Waals surface area (Å²) >= 11 is 2.43. The first-order valence-corrected chi connectivity index (χ1v) is 7.12. The molecule has 2 rings (SSSR count). The zero-order valence-electron chi connectivity index (χ0n) is 10.7. The van der Waals surface area contributed by atoms with Gasteiger partial charge in [-0.15, -0.1) is 0 Å². The highest BCUT2D eigenvalue weighted by Gasteiger charge is 2.14. The highest BCUT2D eigenvalue weighted by atomic mass is 127. The summed E-state index contributed by atoms with van der Waals surface area (Å²) in [7, 11) is 2.01. The molecule has 1 atom stereocenters. The maximum atomic E-state index is 4.40. The first-order chi connectivity index (χ1) is 8.72. The number of hydrogen-bond acceptors (Lipinski definition) is 2. The minimum absolute atomic E-state index is 0.312. The van der Waals surface area contributed by atoms with Crippen molar-refractivity contribution < 1.29 is 0 Å². The van der Waals surface area contributed by atoms with Crippen LogP contribution in [0.15, 0.2) is 42.6 Å². The van der Waals surface area contributed by atoms with Crippen molar-refractivity contribution >= 4 is 22.6 Å². The Morgan fingerprint density at radius 3 is 2.72 bits per heavy atom. The third-order valence-electron chi connectivity index (χ3n) is 3.08. The predicted octanol–water partition coefficient (Wildman–Crippen LogP) is 3.50. The second kappa shape index (κ2) is 6.29. The van der Waals surface area contributed by atoms with E-state index in [-0.39, 0.29) is 0 Å². The van der Waals surface area contributed by atoms with Gasteiger partial charge in [0, 0.05) is 27.9 Å². The molecule has 2 aromatic rings. The number of likely N-dealkylation sites (N-methyl/N-ethyl adjacent to an activating group) is 1. The van der Waals surface area contributed by atoms with Crippen LogP contribution in [0.2, 0.25) is 0 Å². The van der Waals surface area contributed by atoms with Gasteiger partial charge in [0.1, 0.15) is 0 Å². The lowest BCUT2D eigenvalue weighted by molar-refractivity contribution is 0.581. The number of pyridine rings is 1. The highest BCUT2D eigenvalue weighted by molar-refractivity contribution is 14.1. The fourth-order valence-electron chi connectivity index (χ4n) is 2.03. The molecule has 1 heterocycles. The quantitative estimate of drug-likeness (QED) is 0.852. The molecule has 1 aromatic heterocycles. The van der Waals surface area contributed by atoms with E-state index in [0.717, 1.165) is 12.1 Å². The van der Waals surface area contributed by atoms with Crippen LogP contribution in [0.1, 0.15) is 22.9 Å². The van der Waals surface area contributed by atoms with E-state index in [0.29, 0.717) is 6.04 Å². The highest BCUT2D eigenvalue weighted by Crippen LogP contribution is 2.25. The molecular weight excluding hydrogens is 335 g/mol. The Bertz CT molecular complexity index is 511. The van der Waals surface area contributed by atoms with Crippen LogP contribution >= 0.6 is 22.6 Å². The SMILES string of the molecule is CNC(Cc1ccccn1)c1cccc(C)c1I. The molecule has 0 bridgehead atoms. The lowest BCUT2D eigenvalue weighted by Crippen LogP contribution is -2.20. The molecule has 94 valence electrons. The Morgan fingerprint density at radius 1 is 1.22 bits per heavy atom. The number of aryl methyl sites for hydroxylation is 1. The van der Waals surface area contributed by atoms with E-state index in [4.69, 9.17) is 0 Å². The summed E-state index contributed by atoms with van der Waals surface area (Å²) < 4.78 is 1.34. The normalized spacial score (nSPS) is 12.4. The van der Waals surface area contributed by atoms with Gasteiger partial charge in [-0.25, -0.2) is 0 Å². The first kappa shape index (κ1) is 13.5. The fourth-order valence-corrected chi connectivity index (χ4v) is 2.77. The van der Waals surface area contributed by atoms with E-state index < -0.39 is 0 Å². The van der Waals surface area contributed by atoms with E-state index in [1.165, 1.54) is 14.7 Å². The topological polar surface area (TPSA) is 24.9 Å². The molecule has 3 heteroatoms. The number of halogens is 1. The van der Waals surface area contributed by atoms with Crippen molar-refractivity contribution in [1.82, 2.24) is 10.3 Å². The average Bonchev–Trinajstić information content (AvgIpc) is 2.41. The number of benzene rings is 1. The van der Waals surface area contributed by atoms with Crippen molar-refractivity contribution in [3.63, 3.8) is 0 Å². The minimum atomic E-state index is 0.312. The van der Waals surface area contributed by atoms with Gasteiger partial charge >= 0.3 is 0 Å². The second-order valence-corrected chi connectivity index (χ2v) is 5.42. The van der Waals surface area contributed by atoms with Gasteiger partial charge in [0.15, 0.2) is 0 Å². The Kier molecular flexibility index (Phi) is 4.72. The molecule has 0 saturated carbocycles. The third kappa shape index (κ3) is 3.09. The van der Waals surface area contributed by atoms with E-state index in [1.807, 2.05) is 25.4 Å². The molecule has 1 N–H and O–H groups in total. The number of aromatic nitrogens is 1. The van der Waals surface area contributed by atoms with Crippen LogP contribution < -0.4 is 5.32 Å². The van der Waals surface area contributed by atoms with Crippen LogP contribution in [0.3, 0.4) is 0 Å². The summed E-state index contributed by atoms with van der Waals surface area (Å²) in [5.41, 5.74) is 3.80. The molecule has 0 aliphatic rings. The van der Waals surface area contributed by atoms with E-state index in [2.05, 4.69) is 64.1 Å². The van der Waals surface area contributed by atoms with Crippen molar-refractivity contribution in [2.75, 3.05) is 7.05 Å². The van der Waals surface area contributed by atoms with Crippen molar-refractivity contribution in [1.29, 1.82) is 0 Å². The molecule has 0 saturated heterocycles. The summed E-state index contributed by atoms with van der Waals surface area (Å²) in [6.07, 6.45) is 2.76. The van der Waals surface area contributed by atoms with Crippen molar-refractivity contribution in [3.05, 3.63) is 63.0 Å². The third-order valence-corrected chi connectivity index (χ3v) is 4.56. The molecule has 0 radical (unpaired) electrons. The lowest BCUT2D eigenvalue weighted by Gasteiger charge is -2.19. The number of rotatable bonds is 4. The summed E-state index contributed by atoms with van der Waals surface area (Å²) in [5.74, 6) is 0. The van der Waals surface area contributed by atoms with Gasteiger partial charge in [-0.05, 0) is 59.8 Å². The Morgan fingerprint density at radius 2 is 2.06 bits per heavy atom. The van der Waals surface area contributed by atoms with E-state index >= 15 is 0 Å². The van der Waals surface area contributed by atoms with Gasteiger partial charge in [0.25, 0.3) is 0 Å². The van der Waals surface area contributed by atoms with Gasteiger partial charge in [-0.2, -0.15) is 0 Å². The molecule has 0 amide bonds. The summed E-state index contributed by atoms with van der Waals surface area (Å²) in [4.78, 5) is 4.40. The van der Waals surface area contributed by atoms with Gasteiger partial charge in [0.05, 0.1) is 0 Å². The minimum Gasteiger partial charge on any atom is -0.313 e. The molecule has 2 nitrogen and oxygen atoms in total. The zero-order valence-corrected chi connectivity index (χ0v) is 12.8. The van der Waals surface area contributed by atoms with Crippen molar-refractivity contribution in [2.24, 2.45) is 0 Å². The van der Waals surface area contributed by atoms with Crippen molar-refractivity contribution in [2.45, 2.75) is 19.4 Å². The molecule has 0 aliphatic heterocycles. The number of nitrogens with one attached hydrogen (secondary N) is 1. The van der Waals surface area contributed by atoms with Crippen LogP contribution in [0.5, 0.6) is 0 Å². The largest absolute Gasteiger partial charge is 0.313 e. The van der Waals surface area contributed by atoms with Crippen molar-refractivity contribution in [3.8, 4) is 0 Å². The van der Waals surface area contributed by atoms with Crippen LogP contribution in [0.4, 0.5) is 0 Å². The lowest BCUT2D eigenvalue weighted by atomic mass is 10.00. The zero-order chi connectivity index (χ0) is 13.0. The molecule has 1 aromatic carbocycles. The Balaban J connectivity index is 2.26.